The second-order valence-electron chi connectivity index (χ2n) is 3.51. The Labute approximate surface area is 111 Å². The van der Waals surface area contributed by atoms with Crippen LogP contribution in [-0.2, 0) is 13.3 Å². The molecule has 0 spiro atoms. The van der Waals surface area contributed by atoms with Crippen molar-refractivity contribution in [1.29, 1.82) is 0 Å². The van der Waals surface area contributed by atoms with Gasteiger partial charge < -0.3 is 13.3 Å². The van der Waals surface area contributed by atoms with E-state index in [4.69, 9.17) is 13.3 Å². The minimum atomic E-state index is -1.40. The summed E-state index contributed by atoms with van der Waals surface area (Å²) in [5, 5.41) is 0. The molecule has 0 aromatic heterocycles. The van der Waals surface area contributed by atoms with Crippen LogP contribution in [0.15, 0.2) is 24.3 Å². The molecule has 0 saturated heterocycles. The van der Waals surface area contributed by atoms with E-state index in [2.05, 4.69) is 36.4 Å². The highest BCUT2D eigenvalue weighted by molar-refractivity contribution is 6.36. The average molecular weight is 265 g/mol. The molecular weight excluding hydrogens is 244 g/mol. The van der Waals surface area contributed by atoms with E-state index < -0.39 is 9.53 Å². The molecule has 0 saturated carbocycles. The van der Waals surface area contributed by atoms with E-state index in [0.717, 1.165) is 0 Å². The van der Waals surface area contributed by atoms with E-state index in [1.807, 2.05) is 20.8 Å². The molecule has 0 N–H and O–H groups in total. The van der Waals surface area contributed by atoms with Crippen LogP contribution in [0.1, 0.15) is 31.9 Å². The van der Waals surface area contributed by atoms with Crippen molar-refractivity contribution in [3.05, 3.63) is 35.4 Å². The number of benzene rings is 1. The molecule has 0 heterocycles. The van der Waals surface area contributed by atoms with E-state index in [1.54, 1.807) is 0 Å². The van der Waals surface area contributed by atoms with Gasteiger partial charge in [0.05, 0.1) is 0 Å². The molecule has 0 atom stereocenters. The molecule has 0 amide bonds. The number of rotatable bonds is 6. The van der Waals surface area contributed by atoms with E-state index in [0.29, 0.717) is 19.8 Å². The highest BCUT2D eigenvalue weighted by atomic mass is 28.3. The van der Waals surface area contributed by atoms with Crippen LogP contribution in [0, 0.1) is 0 Å². The molecule has 0 fully saturated rings. The van der Waals surface area contributed by atoms with Crippen LogP contribution >= 0.6 is 0 Å². The summed E-state index contributed by atoms with van der Waals surface area (Å²) in [7, 11) is -1.40. The predicted octanol–water partition coefficient (Wildman–Crippen LogP) is 3.25. The summed E-state index contributed by atoms with van der Waals surface area (Å²) in [5.41, 5.74) is 2.74. The Kier molecular flexibility index (Phi) is 7.60. The van der Waals surface area contributed by atoms with E-state index in [-0.39, 0.29) is 0 Å². The Balaban J connectivity index is 0.000000182. The molecule has 99 valence electrons. The minimum absolute atomic E-state index is 0.661. The first kappa shape index (κ1) is 15.1. The Hall–Kier alpha value is -0.943. The highest BCUT2D eigenvalue weighted by Crippen LogP contribution is 2.21. The smallest absolute Gasteiger partial charge is 0.371 e. The number of fused-ring (bicyclic) bond motifs is 1. The van der Waals surface area contributed by atoms with Gasteiger partial charge in [0.25, 0.3) is 0 Å². The van der Waals surface area contributed by atoms with Gasteiger partial charge in [0.1, 0.15) is 0 Å². The van der Waals surface area contributed by atoms with Crippen molar-refractivity contribution in [1.82, 2.24) is 0 Å². The quantitative estimate of drug-likeness (QED) is 0.750. The first-order valence-electron chi connectivity index (χ1n) is 6.34. The zero-order valence-corrected chi connectivity index (χ0v) is 12.3. The molecule has 1 aliphatic rings. The van der Waals surface area contributed by atoms with Gasteiger partial charge in [-0.05, 0) is 31.9 Å². The first-order valence-corrected chi connectivity index (χ1v) is 7.56. The van der Waals surface area contributed by atoms with Crippen molar-refractivity contribution in [2.75, 3.05) is 19.8 Å². The van der Waals surface area contributed by atoms with Gasteiger partial charge >= 0.3 is 9.53 Å². The molecular formula is C14H21O3Si. The molecule has 2 rings (SSSR count). The summed E-state index contributed by atoms with van der Waals surface area (Å²) in [4.78, 5) is 0. The molecule has 1 radical (unpaired) electrons. The number of hydrogen-bond donors (Lipinski definition) is 0. The van der Waals surface area contributed by atoms with Crippen molar-refractivity contribution < 1.29 is 13.3 Å². The second kappa shape index (κ2) is 9.05. The van der Waals surface area contributed by atoms with Crippen LogP contribution in [0.5, 0.6) is 0 Å². The maximum Gasteiger partial charge on any atom is 0.577 e. The topological polar surface area (TPSA) is 27.7 Å². The van der Waals surface area contributed by atoms with Crippen LogP contribution in [0.2, 0.25) is 0 Å². The van der Waals surface area contributed by atoms with Crippen molar-refractivity contribution >= 4 is 21.7 Å². The molecule has 1 aromatic carbocycles. The molecule has 18 heavy (non-hydrogen) atoms. The fourth-order valence-corrected chi connectivity index (χ4v) is 2.33. The predicted molar refractivity (Wildman–Crippen MR) is 76.0 cm³/mol. The Morgan fingerprint density at radius 2 is 1.17 bits per heavy atom. The summed E-state index contributed by atoms with van der Waals surface area (Å²) < 4.78 is 15.5. The lowest BCUT2D eigenvalue weighted by Crippen LogP contribution is -2.27. The third-order valence-corrected chi connectivity index (χ3v) is 3.80. The Bertz CT molecular complexity index is 327. The third-order valence-electron chi connectivity index (χ3n) is 2.23. The monoisotopic (exact) mass is 265 g/mol. The fourth-order valence-electron chi connectivity index (χ4n) is 1.38. The van der Waals surface area contributed by atoms with E-state index in [1.165, 1.54) is 11.1 Å². The first-order chi connectivity index (χ1) is 8.81. The summed E-state index contributed by atoms with van der Waals surface area (Å²) in [6.07, 6.45) is 4.24. The van der Waals surface area contributed by atoms with Crippen LogP contribution in [0.25, 0.3) is 12.2 Å². The largest absolute Gasteiger partial charge is 0.577 e. The molecule has 0 aliphatic heterocycles. The lowest BCUT2D eigenvalue weighted by Gasteiger charge is -2.10. The fraction of sp³-hybridized carbons (Fsp3) is 0.429. The maximum absolute atomic E-state index is 5.18. The van der Waals surface area contributed by atoms with Crippen molar-refractivity contribution in [2.45, 2.75) is 20.8 Å². The highest BCUT2D eigenvalue weighted by Gasteiger charge is 2.15. The van der Waals surface area contributed by atoms with Gasteiger partial charge in [-0.1, -0.05) is 36.4 Å². The SMILES string of the molecule is C1=Cc2ccccc21.CCO[Si](OCC)OCC. The minimum Gasteiger partial charge on any atom is -0.371 e. The Morgan fingerprint density at radius 3 is 1.39 bits per heavy atom. The van der Waals surface area contributed by atoms with Gasteiger partial charge in [0.15, 0.2) is 0 Å². The summed E-state index contributed by atoms with van der Waals surface area (Å²) >= 11 is 0. The lowest BCUT2D eigenvalue weighted by atomic mass is 9.99. The molecule has 0 bridgehead atoms. The van der Waals surface area contributed by atoms with Gasteiger partial charge in [-0.25, -0.2) is 0 Å². The summed E-state index contributed by atoms with van der Waals surface area (Å²) in [5.74, 6) is 0. The lowest BCUT2D eigenvalue weighted by molar-refractivity contribution is 0.107. The van der Waals surface area contributed by atoms with Crippen molar-refractivity contribution in [3.63, 3.8) is 0 Å². The van der Waals surface area contributed by atoms with Crippen LogP contribution < -0.4 is 0 Å². The van der Waals surface area contributed by atoms with Crippen molar-refractivity contribution in [2.24, 2.45) is 0 Å². The molecule has 3 nitrogen and oxygen atoms in total. The zero-order chi connectivity index (χ0) is 13.2. The van der Waals surface area contributed by atoms with Gasteiger partial charge in [0.2, 0.25) is 0 Å². The Morgan fingerprint density at radius 1 is 0.778 bits per heavy atom. The summed E-state index contributed by atoms with van der Waals surface area (Å²) in [6, 6.07) is 8.36. The molecule has 1 aromatic rings. The zero-order valence-electron chi connectivity index (χ0n) is 11.3. The molecule has 0 unspecified atom stereocenters. The summed E-state index contributed by atoms with van der Waals surface area (Å²) in [6.45, 7) is 7.78. The van der Waals surface area contributed by atoms with E-state index >= 15 is 0 Å². The van der Waals surface area contributed by atoms with Gasteiger partial charge in [-0.15, -0.1) is 0 Å². The van der Waals surface area contributed by atoms with Crippen molar-refractivity contribution in [3.8, 4) is 0 Å². The van der Waals surface area contributed by atoms with Gasteiger partial charge in [-0.2, -0.15) is 0 Å². The third kappa shape index (κ3) is 5.14. The van der Waals surface area contributed by atoms with E-state index in [9.17, 15) is 0 Å². The van der Waals surface area contributed by atoms with Crippen LogP contribution in [0.4, 0.5) is 0 Å². The second-order valence-corrected chi connectivity index (χ2v) is 4.88. The van der Waals surface area contributed by atoms with Gasteiger partial charge in [0, 0.05) is 19.8 Å². The average Bonchev–Trinajstić information content (AvgIpc) is 2.33. The van der Waals surface area contributed by atoms with Gasteiger partial charge in [-0.3, -0.25) is 0 Å². The molecule has 1 aliphatic carbocycles. The maximum atomic E-state index is 5.18. The molecule has 4 heteroatoms. The van der Waals surface area contributed by atoms with Crippen LogP contribution in [-0.4, -0.2) is 29.3 Å². The number of hydrogen-bond acceptors (Lipinski definition) is 3. The van der Waals surface area contributed by atoms with Crippen LogP contribution in [0.3, 0.4) is 0 Å². The standard InChI is InChI=1S/C8H6.C6H15O3Si/c1-2-4-8-6-5-7(8)3-1;1-4-7-10(8-5-2)9-6-3/h1-6H;4-6H2,1-3H3. The normalized spacial score (nSPS) is 11.6.